The Kier molecular flexibility index (Phi) is 3.29. The topological polar surface area (TPSA) is 42.9 Å². The van der Waals surface area contributed by atoms with Gasteiger partial charge in [-0.3, -0.25) is 4.79 Å². The molecule has 3 aromatic heterocycles. The maximum Gasteiger partial charge on any atom is 0.279 e. The average Bonchev–Trinajstić information content (AvgIpc) is 3.09. The lowest BCUT2D eigenvalue weighted by Crippen LogP contribution is -2.06. The van der Waals surface area contributed by atoms with Crippen LogP contribution in [0.5, 0.6) is 0 Å². The van der Waals surface area contributed by atoms with Crippen LogP contribution in [0.15, 0.2) is 64.8 Å². The van der Waals surface area contributed by atoms with Gasteiger partial charge in [0.1, 0.15) is 5.01 Å². The predicted molar refractivity (Wildman–Crippen MR) is 92.4 cm³/mol. The summed E-state index contributed by atoms with van der Waals surface area (Å²) in [4.78, 5) is 22.1. The van der Waals surface area contributed by atoms with Crippen molar-refractivity contribution in [2.45, 2.75) is 0 Å². The van der Waals surface area contributed by atoms with Gasteiger partial charge >= 0.3 is 0 Å². The van der Waals surface area contributed by atoms with Crippen molar-refractivity contribution in [3.63, 3.8) is 0 Å². The van der Waals surface area contributed by atoms with Crippen LogP contribution in [0.1, 0.15) is 0 Å². The van der Waals surface area contributed by atoms with E-state index in [4.69, 9.17) is 0 Å². The smallest absolute Gasteiger partial charge is 0.267 e. The van der Waals surface area contributed by atoms with Crippen LogP contribution in [0.3, 0.4) is 0 Å². The van der Waals surface area contributed by atoms with Crippen LogP contribution in [-0.2, 0) is 0 Å². The first-order valence-electron chi connectivity index (χ1n) is 6.72. The fourth-order valence-corrected chi connectivity index (χ4v) is 3.90. The fraction of sp³-hybridized carbons (Fsp3) is 0. The Morgan fingerprint density at radius 1 is 0.818 bits per heavy atom. The zero-order valence-corrected chi connectivity index (χ0v) is 13.0. The number of nitrogens with zero attached hydrogens (tertiary/aromatic N) is 2. The summed E-state index contributed by atoms with van der Waals surface area (Å²) in [7, 11) is 0. The molecule has 5 heteroatoms. The van der Waals surface area contributed by atoms with Crippen molar-refractivity contribution < 1.29 is 0 Å². The van der Waals surface area contributed by atoms with Gasteiger partial charge in [0.05, 0.1) is 21.7 Å². The predicted octanol–water partition coefficient (Wildman–Crippen LogP) is 4.45. The Bertz CT molecular complexity index is 1010. The number of benzene rings is 1. The van der Waals surface area contributed by atoms with Gasteiger partial charge in [0.25, 0.3) is 5.56 Å². The number of thiophene rings is 1. The molecule has 3 nitrogen and oxygen atoms in total. The first-order chi connectivity index (χ1) is 10.8. The monoisotopic (exact) mass is 322 g/mol. The molecule has 0 N–H and O–H groups in total. The number of pyridine rings is 1. The third kappa shape index (κ3) is 2.34. The summed E-state index contributed by atoms with van der Waals surface area (Å²) < 4.78 is 0.931. The first kappa shape index (κ1) is 13.3. The van der Waals surface area contributed by atoms with Crippen molar-refractivity contribution in [3.8, 4) is 21.3 Å². The van der Waals surface area contributed by atoms with Gasteiger partial charge in [-0.2, -0.15) is 4.98 Å². The molecular weight excluding hydrogens is 312 g/mol. The standard InChI is InChI=1S/C17H10N2OS2/c20-16-11-5-1-2-8-14(11)22-17(19-16)13-7-3-6-12(18-13)15-9-4-10-21-15/h1-10H. The van der Waals surface area contributed by atoms with E-state index in [2.05, 4.69) is 9.97 Å². The number of aromatic nitrogens is 2. The van der Waals surface area contributed by atoms with E-state index >= 15 is 0 Å². The van der Waals surface area contributed by atoms with Crippen molar-refractivity contribution in [1.82, 2.24) is 9.97 Å². The third-order valence-electron chi connectivity index (χ3n) is 3.27. The number of fused-ring (bicyclic) bond motifs is 1. The Balaban J connectivity index is 1.89. The zero-order valence-electron chi connectivity index (χ0n) is 11.4. The summed E-state index contributed by atoms with van der Waals surface area (Å²) in [5.74, 6) is 0. The van der Waals surface area contributed by atoms with Crippen molar-refractivity contribution in [2.75, 3.05) is 0 Å². The summed E-state index contributed by atoms with van der Waals surface area (Å²) in [5, 5.41) is 3.34. The van der Waals surface area contributed by atoms with E-state index < -0.39 is 0 Å². The highest BCUT2D eigenvalue weighted by Gasteiger charge is 2.09. The first-order valence-corrected chi connectivity index (χ1v) is 8.42. The van der Waals surface area contributed by atoms with Gasteiger partial charge in [0.15, 0.2) is 0 Å². The second kappa shape index (κ2) is 5.44. The Labute approximate surface area is 134 Å². The van der Waals surface area contributed by atoms with Gasteiger partial charge in [-0.05, 0) is 35.7 Å². The minimum absolute atomic E-state index is 0.201. The lowest BCUT2D eigenvalue weighted by molar-refractivity contribution is 1.26. The number of hydrogen-bond donors (Lipinski definition) is 0. The second-order valence-corrected chi connectivity index (χ2v) is 6.68. The summed E-state index contributed by atoms with van der Waals surface area (Å²) in [6.45, 7) is 0. The fourth-order valence-electron chi connectivity index (χ4n) is 2.24. The van der Waals surface area contributed by atoms with Gasteiger partial charge in [0, 0.05) is 4.70 Å². The van der Waals surface area contributed by atoms with Crippen molar-refractivity contribution in [2.24, 2.45) is 0 Å². The normalized spacial score (nSPS) is 10.9. The molecule has 22 heavy (non-hydrogen) atoms. The Hall–Kier alpha value is -2.37. The third-order valence-corrected chi connectivity index (χ3v) is 5.23. The van der Waals surface area contributed by atoms with Gasteiger partial charge in [-0.1, -0.05) is 24.3 Å². The molecular formula is C17H10N2OS2. The molecule has 106 valence electrons. The minimum atomic E-state index is -0.201. The SMILES string of the molecule is O=c1nc(-c2cccc(-c3cccs3)n2)sc2ccccc12. The molecule has 0 unspecified atom stereocenters. The lowest BCUT2D eigenvalue weighted by atomic mass is 10.2. The Morgan fingerprint density at radius 2 is 1.68 bits per heavy atom. The highest BCUT2D eigenvalue weighted by atomic mass is 32.1. The molecule has 4 aromatic rings. The van der Waals surface area contributed by atoms with Crippen molar-refractivity contribution in [1.29, 1.82) is 0 Å². The van der Waals surface area contributed by atoms with Crippen molar-refractivity contribution >= 4 is 32.8 Å². The van der Waals surface area contributed by atoms with E-state index in [1.807, 2.05) is 53.9 Å². The highest BCUT2D eigenvalue weighted by Crippen LogP contribution is 2.28. The van der Waals surface area contributed by atoms with Crippen LogP contribution in [0.4, 0.5) is 0 Å². The molecule has 0 fully saturated rings. The van der Waals surface area contributed by atoms with Crippen LogP contribution >= 0.6 is 22.7 Å². The van der Waals surface area contributed by atoms with E-state index in [0.717, 1.165) is 21.0 Å². The van der Waals surface area contributed by atoms with Gasteiger partial charge in [-0.25, -0.2) is 4.98 Å². The summed E-state index contributed by atoms with van der Waals surface area (Å²) in [6, 6.07) is 17.4. The minimum Gasteiger partial charge on any atom is -0.267 e. The van der Waals surface area contributed by atoms with E-state index in [1.165, 1.54) is 11.3 Å². The van der Waals surface area contributed by atoms with Crippen molar-refractivity contribution in [3.05, 3.63) is 70.3 Å². The van der Waals surface area contributed by atoms with E-state index in [0.29, 0.717) is 10.4 Å². The molecule has 0 atom stereocenters. The maximum atomic E-state index is 12.2. The van der Waals surface area contributed by atoms with Crippen LogP contribution in [0, 0.1) is 0 Å². The molecule has 1 aromatic carbocycles. The average molecular weight is 322 g/mol. The molecule has 0 aliphatic rings. The van der Waals surface area contributed by atoms with E-state index in [-0.39, 0.29) is 5.56 Å². The van der Waals surface area contributed by atoms with Crippen LogP contribution in [0.25, 0.3) is 31.4 Å². The molecule has 3 heterocycles. The van der Waals surface area contributed by atoms with Gasteiger partial charge in [0.2, 0.25) is 0 Å². The molecule has 0 saturated carbocycles. The molecule has 0 spiro atoms. The zero-order chi connectivity index (χ0) is 14.9. The van der Waals surface area contributed by atoms with Gasteiger partial charge in [-0.15, -0.1) is 22.7 Å². The molecule has 0 radical (unpaired) electrons. The molecule has 0 bridgehead atoms. The second-order valence-electron chi connectivity index (χ2n) is 4.71. The number of hydrogen-bond acceptors (Lipinski definition) is 5. The summed E-state index contributed by atoms with van der Waals surface area (Å²) in [5.41, 5.74) is 1.44. The van der Waals surface area contributed by atoms with Crippen LogP contribution in [-0.4, -0.2) is 9.97 Å². The van der Waals surface area contributed by atoms with Crippen LogP contribution in [0.2, 0.25) is 0 Å². The molecule has 4 rings (SSSR count). The molecule has 0 aliphatic heterocycles. The number of rotatable bonds is 2. The van der Waals surface area contributed by atoms with Crippen LogP contribution < -0.4 is 5.56 Å². The van der Waals surface area contributed by atoms with E-state index in [1.54, 1.807) is 17.4 Å². The quantitative estimate of drug-likeness (QED) is 0.548. The molecule has 0 amide bonds. The summed E-state index contributed by atoms with van der Waals surface area (Å²) in [6.07, 6.45) is 0. The lowest BCUT2D eigenvalue weighted by Gasteiger charge is -2.03. The largest absolute Gasteiger partial charge is 0.279 e. The molecule has 0 aliphatic carbocycles. The van der Waals surface area contributed by atoms with Gasteiger partial charge < -0.3 is 0 Å². The summed E-state index contributed by atoms with van der Waals surface area (Å²) >= 11 is 3.13. The maximum absolute atomic E-state index is 12.2. The Morgan fingerprint density at radius 3 is 2.55 bits per heavy atom. The highest BCUT2D eigenvalue weighted by molar-refractivity contribution is 7.21. The molecule has 0 saturated heterocycles. The van der Waals surface area contributed by atoms with E-state index in [9.17, 15) is 4.79 Å².